The summed E-state index contributed by atoms with van der Waals surface area (Å²) in [5, 5.41) is 8.97. The average molecular weight is 441 g/mol. The van der Waals surface area contributed by atoms with E-state index in [1.807, 2.05) is 36.4 Å². The van der Waals surface area contributed by atoms with E-state index in [0.717, 1.165) is 22.5 Å². The van der Waals surface area contributed by atoms with Crippen LogP contribution in [0.3, 0.4) is 0 Å². The third kappa shape index (κ3) is 4.25. The largest absolute Gasteiger partial charge is 0.462 e. The molecule has 4 aromatic rings. The summed E-state index contributed by atoms with van der Waals surface area (Å²) in [5.41, 5.74) is 3.93. The van der Waals surface area contributed by atoms with Crippen molar-refractivity contribution in [2.24, 2.45) is 0 Å². The Labute approximate surface area is 183 Å². The normalized spacial score (nSPS) is 10.9. The van der Waals surface area contributed by atoms with Gasteiger partial charge in [0.15, 0.2) is 5.65 Å². The van der Waals surface area contributed by atoms with E-state index in [4.69, 9.17) is 27.9 Å². The Morgan fingerprint density at radius 3 is 2.60 bits per heavy atom. The molecular weight excluding hydrogens is 423 g/mol. The highest BCUT2D eigenvalue weighted by Gasteiger charge is 2.11. The van der Waals surface area contributed by atoms with Crippen molar-refractivity contribution in [2.45, 2.75) is 13.5 Å². The molecule has 0 radical (unpaired) electrons. The van der Waals surface area contributed by atoms with Gasteiger partial charge in [-0.15, -0.1) is 5.10 Å². The van der Waals surface area contributed by atoms with E-state index in [1.165, 1.54) is 0 Å². The van der Waals surface area contributed by atoms with Gasteiger partial charge in [-0.2, -0.15) is 0 Å². The van der Waals surface area contributed by atoms with Crippen LogP contribution in [0, 0.1) is 0 Å². The minimum absolute atomic E-state index is 0.339. The minimum atomic E-state index is -0.339. The Morgan fingerprint density at radius 1 is 1.07 bits per heavy atom. The van der Waals surface area contributed by atoms with Crippen LogP contribution in [-0.2, 0) is 11.3 Å². The van der Waals surface area contributed by atoms with Gasteiger partial charge in [0.25, 0.3) is 0 Å². The zero-order valence-electron chi connectivity index (χ0n) is 16.1. The number of carbonyl (C=O) groups excluding carboxylic acids is 1. The van der Waals surface area contributed by atoms with Gasteiger partial charge in [0.1, 0.15) is 5.82 Å². The number of rotatable bonds is 6. The fourth-order valence-electron chi connectivity index (χ4n) is 3.00. The highest BCUT2D eigenvalue weighted by molar-refractivity contribution is 6.42. The number of benzene rings is 2. The average Bonchev–Trinajstić information content (AvgIpc) is 3.18. The zero-order valence-corrected chi connectivity index (χ0v) is 17.6. The second kappa shape index (κ2) is 8.73. The van der Waals surface area contributed by atoms with Crippen LogP contribution < -0.4 is 5.32 Å². The number of nitrogens with zero attached hydrogens (tertiary/aromatic N) is 3. The summed E-state index contributed by atoms with van der Waals surface area (Å²) < 4.78 is 6.79. The topological polar surface area (TPSA) is 68.5 Å². The number of imidazole rings is 1. The van der Waals surface area contributed by atoms with E-state index in [-0.39, 0.29) is 5.97 Å². The summed E-state index contributed by atoms with van der Waals surface area (Å²) in [7, 11) is 0. The predicted octanol–water partition coefficient (Wildman–Crippen LogP) is 5.49. The zero-order chi connectivity index (χ0) is 21.1. The van der Waals surface area contributed by atoms with Crippen LogP contribution in [-0.4, -0.2) is 27.2 Å². The van der Waals surface area contributed by atoms with Gasteiger partial charge in [0.05, 0.1) is 34.1 Å². The maximum absolute atomic E-state index is 11.9. The summed E-state index contributed by atoms with van der Waals surface area (Å²) in [6, 6.07) is 16.4. The number of hydrogen-bond donors (Lipinski definition) is 1. The molecule has 0 aliphatic heterocycles. The number of anilines is 1. The predicted molar refractivity (Wildman–Crippen MR) is 118 cm³/mol. The van der Waals surface area contributed by atoms with Crippen LogP contribution in [0.1, 0.15) is 22.8 Å². The lowest BCUT2D eigenvalue weighted by Crippen LogP contribution is -2.05. The molecule has 0 unspecified atom stereocenters. The van der Waals surface area contributed by atoms with Gasteiger partial charge >= 0.3 is 5.97 Å². The summed E-state index contributed by atoms with van der Waals surface area (Å²) in [6.45, 7) is 2.67. The van der Waals surface area contributed by atoms with Crippen LogP contribution in [0.15, 0.2) is 60.8 Å². The number of nitrogens with one attached hydrogen (secondary N) is 1. The first-order valence-corrected chi connectivity index (χ1v) is 10.1. The second-order valence-corrected chi connectivity index (χ2v) is 7.35. The summed E-state index contributed by atoms with van der Waals surface area (Å²) in [5.74, 6) is 0.352. The molecule has 6 nitrogen and oxygen atoms in total. The third-order valence-corrected chi connectivity index (χ3v) is 5.25. The second-order valence-electron chi connectivity index (χ2n) is 6.53. The van der Waals surface area contributed by atoms with Gasteiger partial charge < -0.3 is 10.1 Å². The molecule has 1 N–H and O–H groups in total. The molecule has 30 heavy (non-hydrogen) atoms. The van der Waals surface area contributed by atoms with E-state index in [0.29, 0.717) is 34.6 Å². The maximum Gasteiger partial charge on any atom is 0.338 e. The maximum atomic E-state index is 11.9. The van der Waals surface area contributed by atoms with Crippen LogP contribution in [0.25, 0.3) is 16.9 Å². The minimum Gasteiger partial charge on any atom is -0.462 e. The molecule has 2 aromatic carbocycles. The molecule has 0 atom stereocenters. The lowest BCUT2D eigenvalue weighted by Gasteiger charge is -2.08. The molecule has 152 valence electrons. The molecule has 0 aliphatic carbocycles. The Kier molecular flexibility index (Phi) is 5.88. The van der Waals surface area contributed by atoms with Crippen LogP contribution in [0.2, 0.25) is 10.0 Å². The van der Waals surface area contributed by atoms with Crippen molar-refractivity contribution in [1.29, 1.82) is 0 Å². The number of halogens is 2. The Bertz CT molecular complexity index is 1210. The third-order valence-electron chi connectivity index (χ3n) is 4.51. The van der Waals surface area contributed by atoms with Crippen LogP contribution in [0.4, 0.5) is 5.82 Å². The summed E-state index contributed by atoms with van der Waals surface area (Å²) >= 11 is 12.0. The first-order chi connectivity index (χ1) is 14.5. The van der Waals surface area contributed by atoms with Gasteiger partial charge in [0, 0.05) is 12.1 Å². The molecule has 0 amide bonds. The van der Waals surface area contributed by atoms with E-state index >= 15 is 0 Å². The van der Waals surface area contributed by atoms with Gasteiger partial charge in [-0.3, -0.25) is 0 Å². The standard InChI is InChI=1S/C22H18Cl2N4O2/c1-2-30-22(29)16-6-4-15(5-7-16)19-13-26-21-10-9-20(27-28(19)21)25-12-14-3-8-17(23)18(24)11-14/h3-11,13H,2,12H2,1H3,(H,25,27). The molecule has 2 heterocycles. The quantitative estimate of drug-likeness (QED) is 0.401. The number of esters is 1. The first kappa shape index (κ1) is 20.2. The van der Waals surface area contributed by atoms with Crippen molar-refractivity contribution in [3.05, 3.63) is 82.0 Å². The van der Waals surface area contributed by atoms with E-state index in [1.54, 1.807) is 35.8 Å². The highest BCUT2D eigenvalue weighted by Crippen LogP contribution is 2.24. The van der Waals surface area contributed by atoms with Gasteiger partial charge in [-0.05, 0) is 48.9 Å². The fraction of sp³-hybridized carbons (Fsp3) is 0.136. The molecule has 0 fully saturated rings. The smallest absolute Gasteiger partial charge is 0.338 e. The van der Waals surface area contributed by atoms with Crippen molar-refractivity contribution < 1.29 is 9.53 Å². The number of ether oxygens (including phenoxy) is 1. The van der Waals surface area contributed by atoms with Crippen molar-refractivity contribution in [1.82, 2.24) is 14.6 Å². The van der Waals surface area contributed by atoms with Crippen molar-refractivity contribution >= 4 is 40.6 Å². The highest BCUT2D eigenvalue weighted by atomic mass is 35.5. The van der Waals surface area contributed by atoms with E-state index in [9.17, 15) is 4.79 Å². The Hall–Kier alpha value is -3.09. The number of hydrogen-bond acceptors (Lipinski definition) is 5. The molecular formula is C22H18Cl2N4O2. The lowest BCUT2D eigenvalue weighted by molar-refractivity contribution is 0.0526. The molecule has 4 rings (SSSR count). The SMILES string of the molecule is CCOC(=O)c1ccc(-c2cnc3ccc(NCc4ccc(Cl)c(Cl)c4)nn23)cc1. The number of aromatic nitrogens is 3. The summed E-state index contributed by atoms with van der Waals surface area (Å²) in [4.78, 5) is 16.3. The lowest BCUT2D eigenvalue weighted by atomic mass is 10.1. The molecule has 2 aromatic heterocycles. The molecule has 0 bridgehead atoms. The Balaban J connectivity index is 1.56. The summed E-state index contributed by atoms with van der Waals surface area (Å²) in [6.07, 6.45) is 1.75. The number of fused-ring (bicyclic) bond motifs is 1. The number of carbonyl (C=O) groups is 1. The molecule has 0 spiro atoms. The Morgan fingerprint density at radius 2 is 1.87 bits per heavy atom. The van der Waals surface area contributed by atoms with Crippen LogP contribution in [0.5, 0.6) is 0 Å². The molecule has 0 saturated carbocycles. The van der Waals surface area contributed by atoms with Crippen molar-refractivity contribution in [3.63, 3.8) is 0 Å². The molecule has 8 heteroatoms. The fourth-order valence-corrected chi connectivity index (χ4v) is 3.32. The van der Waals surface area contributed by atoms with Gasteiger partial charge in [-0.1, -0.05) is 41.4 Å². The van der Waals surface area contributed by atoms with Crippen molar-refractivity contribution in [3.8, 4) is 11.3 Å². The monoisotopic (exact) mass is 440 g/mol. The molecule has 0 aliphatic rings. The van der Waals surface area contributed by atoms with E-state index < -0.39 is 0 Å². The van der Waals surface area contributed by atoms with Gasteiger partial charge in [0.2, 0.25) is 0 Å². The first-order valence-electron chi connectivity index (χ1n) is 9.35. The van der Waals surface area contributed by atoms with Gasteiger partial charge in [-0.25, -0.2) is 14.3 Å². The van der Waals surface area contributed by atoms with E-state index in [2.05, 4.69) is 15.4 Å². The molecule has 0 saturated heterocycles. The van der Waals surface area contributed by atoms with Crippen molar-refractivity contribution in [2.75, 3.05) is 11.9 Å². The van der Waals surface area contributed by atoms with Crippen LogP contribution >= 0.6 is 23.2 Å².